The summed E-state index contributed by atoms with van der Waals surface area (Å²) in [4.78, 5) is 13.6. The minimum Gasteiger partial charge on any atom is -0.494 e. The van der Waals surface area contributed by atoms with Gasteiger partial charge in [0.25, 0.3) is 0 Å². The van der Waals surface area contributed by atoms with Gasteiger partial charge in [-0.25, -0.2) is 0 Å². The first-order valence-corrected chi connectivity index (χ1v) is 7.92. The number of hydrogen-bond donors (Lipinski definition) is 1. The molecule has 1 N–H and O–H groups in total. The molecule has 0 atom stereocenters. The molecule has 1 amide bonds. The van der Waals surface area contributed by atoms with Gasteiger partial charge in [0.2, 0.25) is 5.91 Å². The van der Waals surface area contributed by atoms with Gasteiger partial charge in [0, 0.05) is 10.6 Å². The Morgan fingerprint density at radius 2 is 2.10 bits per heavy atom. The molecule has 0 saturated carbocycles. The van der Waals surface area contributed by atoms with E-state index in [1.165, 1.54) is 0 Å². The van der Waals surface area contributed by atoms with E-state index in [-0.39, 0.29) is 5.91 Å². The molecule has 0 spiro atoms. The first kappa shape index (κ1) is 15.6. The summed E-state index contributed by atoms with van der Waals surface area (Å²) in [7, 11) is 0. The molecule has 0 aliphatic heterocycles. The molecule has 0 unspecified atom stereocenters. The van der Waals surface area contributed by atoms with E-state index in [1.54, 1.807) is 11.3 Å². The number of carbonyl (C=O) groups is 1. The Hall–Kier alpha value is -1.81. The predicted molar refractivity (Wildman–Crippen MR) is 88.3 cm³/mol. The van der Waals surface area contributed by atoms with Crippen molar-refractivity contribution in [3.8, 4) is 5.75 Å². The van der Waals surface area contributed by atoms with E-state index in [2.05, 4.69) is 5.32 Å². The van der Waals surface area contributed by atoms with Gasteiger partial charge in [-0.05, 0) is 62.9 Å². The highest BCUT2D eigenvalue weighted by Gasteiger charge is 2.30. The van der Waals surface area contributed by atoms with Crippen LogP contribution in [-0.2, 0) is 10.2 Å². The topological polar surface area (TPSA) is 38.3 Å². The number of ether oxygens (including phenoxy) is 1. The summed E-state index contributed by atoms with van der Waals surface area (Å²) < 4.78 is 5.51. The van der Waals surface area contributed by atoms with Crippen molar-refractivity contribution in [2.75, 3.05) is 11.9 Å². The minimum absolute atomic E-state index is 0.00601. The average molecular weight is 303 g/mol. The van der Waals surface area contributed by atoms with Gasteiger partial charge in [-0.2, -0.15) is 0 Å². The average Bonchev–Trinajstić information content (AvgIpc) is 2.96. The van der Waals surface area contributed by atoms with E-state index in [1.807, 2.05) is 63.4 Å². The lowest BCUT2D eigenvalue weighted by Crippen LogP contribution is -2.33. The molecule has 1 aromatic carbocycles. The summed E-state index contributed by atoms with van der Waals surface area (Å²) >= 11 is 1.60. The highest BCUT2D eigenvalue weighted by molar-refractivity contribution is 7.10. The molecule has 2 rings (SSSR count). The minimum atomic E-state index is -0.541. The Kier molecular flexibility index (Phi) is 4.68. The summed E-state index contributed by atoms with van der Waals surface area (Å²) in [6.45, 7) is 8.45. The maximum absolute atomic E-state index is 12.5. The van der Waals surface area contributed by atoms with Gasteiger partial charge in [-0.3, -0.25) is 4.79 Å². The molecular formula is C17H21NO2S. The molecule has 1 aromatic heterocycles. The molecule has 1 heterocycles. The first-order chi connectivity index (χ1) is 9.95. The molecule has 4 heteroatoms. The van der Waals surface area contributed by atoms with E-state index in [0.717, 1.165) is 21.9 Å². The van der Waals surface area contributed by atoms with Crippen LogP contribution in [0.4, 0.5) is 5.69 Å². The van der Waals surface area contributed by atoms with E-state index in [0.29, 0.717) is 6.61 Å². The first-order valence-electron chi connectivity index (χ1n) is 7.04. The quantitative estimate of drug-likeness (QED) is 0.890. The fraction of sp³-hybridized carbons (Fsp3) is 0.353. The zero-order valence-corrected chi connectivity index (χ0v) is 13.7. The zero-order valence-electron chi connectivity index (χ0n) is 12.9. The summed E-state index contributed by atoms with van der Waals surface area (Å²) in [6, 6.07) is 9.67. The Balaban J connectivity index is 2.14. The monoisotopic (exact) mass is 303 g/mol. The maximum atomic E-state index is 12.5. The number of carbonyl (C=O) groups excluding carboxylic acids is 1. The number of thiophene rings is 1. The lowest BCUT2D eigenvalue weighted by molar-refractivity contribution is -0.120. The lowest BCUT2D eigenvalue weighted by atomic mass is 9.90. The Morgan fingerprint density at radius 1 is 1.33 bits per heavy atom. The molecule has 2 aromatic rings. The predicted octanol–water partition coefficient (Wildman–Crippen LogP) is 4.37. The number of hydrogen-bond acceptors (Lipinski definition) is 3. The van der Waals surface area contributed by atoms with Gasteiger partial charge in [0.1, 0.15) is 5.75 Å². The molecular weight excluding hydrogens is 282 g/mol. The number of aryl methyl sites for hydroxylation is 1. The molecule has 21 heavy (non-hydrogen) atoms. The van der Waals surface area contributed by atoms with Crippen LogP contribution in [0.5, 0.6) is 5.75 Å². The standard InChI is InChI=1S/C17H21NO2S/c1-5-20-14-9-8-13(11-12(14)2)18-16(19)17(3,4)15-7-6-10-21-15/h6-11H,5H2,1-4H3,(H,18,19). The van der Waals surface area contributed by atoms with Crippen LogP contribution in [0.25, 0.3) is 0 Å². The SMILES string of the molecule is CCOc1ccc(NC(=O)C(C)(C)c2cccs2)cc1C. The molecule has 112 valence electrons. The van der Waals surface area contributed by atoms with Gasteiger partial charge >= 0.3 is 0 Å². The third-order valence-electron chi connectivity index (χ3n) is 3.44. The fourth-order valence-electron chi connectivity index (χ4n) is 2.08. The lowest BCUT2D eigenvalue weighted by Gasteiger charge is -2.22. The van der Waals surface area contributed by atoms with Crippen molar-refractivity contribution in [2.24, 2.45) is 0 Å². The van der Waals surface area contributed by atoms with Crippen molar-refractivity contribution >= 4 is 22.9 Å². The molecule has 0 aliphatic rings. The van der Waals surface area contributed by atoms with E-state index in [9.17, 15) is 4.79 Å². The van der Waals surface area contributed by atoms with Crippen molar-refractivity contribution in [3.05, 3.63) is 46.2 Å². The number of nitrogens with one attached hydrogen (secondary N) is 1. The van der Waals surface area contributed by atoms with E-state index >= 15 is 0 Å². The molecule has 0 bridgehead atoms. The van der Waals surface area contributed by atoms with Crippen LogP contribution in [-0.4, -0.2) is 12.5 Å². The Morgan fingerprint density at radius 3 is 2.67 bits per heavy atom. The van der Waals surface area contributed by atoms with Crippen LogP contribution in [0.2, 0.25) is 0 Å². The highest BCUT2D eigenvalue weighted by atomic mass is 32.1. The summed E-state index contributed by atoms with van der Waals surface area (Å²) in [5.41, 5.74) is 1.27. The van der Waals surface area contributed by atoms with Crippen molar-refractivity contribution in [1.82, 2.24) is 0 Å². The van der Waals surface area contributed by atoms with Crippen molar-refractivity contribution in [1.29, 1.82) is 0 Å². The second-order valence-corrected chi connectivity index (χ2v) is 6.42. The second-order valence-electron chi connectivity index (χ2n) is 5.47. The third kappa shape index (κ3) is 3.45. The zero-order chi connectivity index (χ0) is 15.5. The van der Waals surface area contributed by atoms with Crippen LogP contribution in [0.3, 0.4) is 0 Å². The molecule has 0 saturated heterocycles. The maximum Gasteiger partial charge on any atom is 0.235 e. The largest absolute Gasteiger partial charge is 0.494 e. The van der Waals surface area contributed by atoms with Crippen LogP contribution >= 0.6 is 11.3 Å². The number of amides is 1. The van der Waals surface area contributed by atoms with Gasteiger partial charge in [0.15, 0.2) is 0 Å². The third-order valence-corrected chi connectivity index (χ3v) is 4.63. The van der Waals surface area contributed by atoms with Gasteiger partial charge < -0.3 is 10.1 Å². The fourth-order valence-corrected chi connectivity index (χ4v) is 2.93. The Labute approximate surface area is 130 Å². The number of rotatable bonds is 5. The Bertz CT molecular complexity index is 618. The number of benzene rings is 1. The van der Waals surface area contributed by atoms with Crippen LogP contribution < -0.4 is 10.1 Å². The van der Waals surface area contributed by atoms with Crippen LogP contribution in [0, 0.1) is 6.92 Å². The molecule has 3 nitrogen and oxygen atoms in total. The summed E-state index contributed by atoms with van der Waals surface area (Å²) in [5, 5.41) is 4.98. The van der Waals surface area contributed by atoms with Crippen molar-refractivity contribution in [3.63, 3.8) is 0 Å². The van der Waals surface area contributed by atoms with Crippen molar-refractivity contribution in [2.45, 2.75) is 33.1 Å². The van der Waals surface area contributed by atoms with Crippen LogP contribution in [0.1, 0.15) is 31.2 Å². The smallest absolute Gasteiger partial charge is 0.235 e. The molecule has 0 radical (unpaired) electrons. The van der Waals surface area contributed by atoms with Gasteiger partial charge in [-0.15, -0.1) is 11.3 Å². The highest BCUT2D eigenvalue weighted by Crippen LogP contribution is 2.29. The normalized spacial score (nSPS) is 11.2. The summed E-state index contributed by atoms with van der Waals surface area (Å²) in [6.07, 6.45) is 0. The molecule has 0 aliphatic carbocycles. The summed E-state index contributed by atoms with van der Waals surface area (Å²) in [5.74, 6) is 0.849. The van der Waals surface area contributed by atoms with Gasteiger partial charge in [0.05, 0.1) is 12.0 Å². The number of anilines is 1. The second kappa shape index (κ2) is 6.31. The van der Waals surface area contributed by atoms with Gasteiger partial charge in [-0.1, -0.05) is 6.07 Å². The molecule has 0 fully saturated rings. The van der Waals surface area contributed by atoms with Crippen molar-refractivity contribution < 1.29 is 9.53 Å². The van der Waals surface area contributed by atoms with Crippen LogP contribution in [0.15, 0.2) is 35.7 Å². The van der Waals surface area contributed by atoms with E-state index < -0.39 is 5.41 Å². The van der Waals surface area contributed by atoms with E-state index in [4.69, 9.17) is 4.74 Å².